The molecule has 0 spiro atoms. The summed E-state index contributed by atoms with van der Waals surface area (Å²) in [5.41, 5.74) is 3.28. The first-order valence-electron chi connectivity index (χ1n) is 7.12. The standard InChI is InChI=1S/C17H22N2O/c1-3-4-13(2)19-17(20)16-7-5-14(6-8-16)15-9-11-18-12-10-15/h3,5-9,13,18H,1,4,10-12H2,2H3,(H,19,20). The second-order valence-electron chi connectivity index (χ2n) is 5.16. The minimum absolute atomic E-state index is 0.0230. The molecule has 0 aliphatic carbocycles. The van der Waals surface area contributed by atoms with E-state index in [9.17, 15) is 4.79 Å². The van der Waals surface area contributed by atoms with Crippen LogP contribution in [0.2, 0.25) is 0 Å². The van der Waals surface area contributed by atoms with Gasteiger partial charge < -0.3 is 10.6 Å². The Bertz CT molecular complexity index is 502. The van der Waals surface area contributed by atoms with E-state index < -0.39 is 0 Å². The zero-order valence-electron chi connectivity index (χ0n) is 12.0. The van der Waals surface area contributed by atoms with Crippen molar-refractivity contribution < 1.29 is 4.79 Å². The maximum atomic E-state index is 12.0. The van der Waals surface area contributed by atoms with Gasteiger partial charge in [-0.3, -0.25) is 4.79 Å². The topological polar surface area (TPSA) is 41.1 Å². The predicted octanol–water partition coefficient (Wildman–Crippen LogP) is 2.76. The van der Waals surface area contributed by atoms with Crippen LogP contribution >= 0.6 is 0 Å². The number of hydrogen-bond donors (Lipinski definition) is 2. The van der Waals surface area contributed by atoms with E-state index in [4.69, 9.17) is 0 Å². The Balaban J connectivity index is 2.02. The lowest BCUT2D eigenvalue weighted by Gasteiger charge is -2.15. The lowest BCUT2D eigenvalue weighted by atomic mass is 9.99. The Morgan fingerprint density at radius 3 is 2.80 bits per heavy atom. The fraction of sp³-hybridized carbons (Fsp3) is 0.353. The molecule has 20 heavy (non-hydrogen) atoms. The van der Waals surface area contributed by atoms with Gasteiger partial charge in [-0.2, -0.15) is 0 Å². The molecule has 0 saturated heterocycles. The number of hydrogen-bond acceptors (Lipinski definition) is 2. The summed E-state index contributed by atoms with van der Waals surface area (Å²) >= 11 is 0. The van der Waals surface area contributed by atoms with Gasteiger partial charge >= 0.3 is 0 Å². The average molecular weight is 270 g/mol. The fourth-order valence-electron chi connectivity index (χ4n) is 2.34. The van der Waals surface area contributed by atoms with E-state index in [1.807, 2.05) is 37.3 Å². The van der Waals surface area contributed by atoms with Gasteiger partial charge in [0.2, 0.25) is 0 Å². The van der Waals surface area contributed by atoms with Gasteiger partial charge in [0.15, 0.2) is 0 Å². The summed E-state index contributed by atoms with van der Waals surface area (Å²) in [6.45, 7) is 7.61. The second kappa shape index (κ2) is 7.06. The molecule has 1 amide bonds. The van der Waals surface area contributed by atoms with Crippen LogP contribution in [0.15, 0.2) is 43.0 Å². The highest BCUT2D eigenvalue weighted by Crippen LogP contribution is 2.20. The van der Waals surface area contributed by atoms with E-state index in [1.165, 1.54) is 11.1 Å². The number of carbonyl (C=O) groups is 1. The van der Waals surface area contributed by atoms with E-state index >= 15 is 0 Å². The zero-order chi connectivity index (χ0) is 14.4. The molecule has 1 unspecified atom stereocenters. The molecule has 0 aromatic heterocycles. The summed E-state index contributed by atoms with van der Waals surface area (Å²) in [4.78, 5) is 12.0. The van der Waals surface area contributed by atoms with Crippen molar-refractivity contribution in [1.82, 2.24) is 10.6 Å². The SMILES string of the molecule is C=CCC(C)NC(=O)c1ccc(C2=CCNCC2)cc1. The third-order valence-electron chi connectivity index (χ3n) is 3.48. The highest BCUT2D eigenvalue weighted by molar-refractivity contribution is 5.94. The van der Waals surface area contributed by atoms with Crippen LogP contribution in [-0.4, -0.2) is 25.0 Å². The summed E-state index contributed by atoms with van der Waals surface area (Å²) in [7, 11) is 0. The molecule has 1 aliphatic rings. The first-order valence-corrected chi connectivity index (χ1v) is 7.12. The predicted molar refractivity (Wildman–Crippen MR) is 83.6 cm³/mol. The van der Waals surface area contributed by atoms with Crippen LogP contribution in [0.1, 0.15) is 35.7 Å². The Morgan fingerprint density at radius 1 is 1.45 bits per heavy atom. The highest BCUT2D eigenvalue weighted by atomic mass is 16.1. The van der Waals surface area contributed by atoms with Gasteiger partial charge in [-0.15, -0.1) is 6.58 Å². The molecule has 0 bridgehead atoms. The van der Waals surface area contributed by atoms with E-state index in [-0.39, 0.29) is 11.9 Å². The van der Waals surface area contributed by atoms with Gasteiger partial charge in [-0.1, -0.05) is 24.3 Å². The Labute approximate surface area is 120 Å². The number of rotatable bonds is 5. The molecule has 0 fully saturated rings. The second-order valence-corrected chi connectivity index (χ2v) is 5.16. The molecule has 1 aromatic rings. The molecule has 1 aliphatic heterocycles. The van der Waals surface area contributed by atoms with Crippen LogP contribution in [-0.2, 0) is 0 Å². The third kappa shape index (κ3) is 3.81. The maximum absolute atomic E-state index is 12.0. The Kier molecular flexibility index (Phi) is 5.13. The summed E-state index contributed by atoms with van der Waals surface area (Å²) in [6, 6.07) is 7.98. The average Bonchev–Trinajstić information content (AvgIpc) is 2.48. The van der Waals surface area contributed by atoms with E-state index in [1.54, 1.807) is 0 Å². The van der Waals surface area contributed by atoms with Crippen LogP contribution in [0.25, 0.3) is 5.57 Å². The molecule has 1 atom stereocenters. The molecule has 1 heterocycles. The van der Waals surface area contributed by atoms with Gasteiger partial charge in [0, 0.05) is 18.2 Å². The molecule has 3 nitrogen and oxygen atoms in total. The van der Waals surface area contributed by atoms with E-state index in [0.29, 0.717) is 5.56 Å². The van der Waals surface area contributed by atoms with Gasteiger partial charge in [0.1, 0.15) is 0 Å². The molecule has 106 valence electrons. The van der Waals surface area contributed by atoms with E-state index in [0.717, 1.165) is 25.9 Å². The fourth-order valence-corrected chi connectivity index (χ4v) is 2.34. The van der Waals surface area contributed by atoms with Crippen molar-refractivity contribution in [2.75, 3.05) is 13.1 Å². The van der Waals surface area contributed by atoms with Gasteiger partial charge in [-0.25, -0.2) is 0 Å². The summed E-state index contributed by atoms with van der Waals surface area (Å²) in [6.07, 6.45) is 5.86. The van der Waals surface area contributed by atoms with Crippen molar-refractivity contribution in [3.63, 3.8) is 0 Å². The van der Waals surface area contributed by atoms with Crippen LogP contribution in [0.5, 0.6) is 0 Å². The largest absolute Gasteiger partial charge is 0.349 e. The zero-order valence-corrected chi connectivity index (χ0v) is 12.0. The van der Waals surface area contributed by atoms with Crippen LogP contribution in [0, 0.1) is 0 Å². The first kappa shape index (κ1) is 14.5. The van der Waals surface area contributed by atoms with Crippen molar-refractivity contribution in [1.29, 1.82) is 0 Å². The van der Waals surface area contributed by atoms with Gasteiger partial charge in [0.25, 0.3) is 5.91 Å². The Morgan fingerprint density at radius 2 is 2.20 bits per heavy atom. The smallest absolute Gasteiger partial charge is 0.251 e. The van der Waals surface area contributed by atoms with Crippen LogP contribution in [0.4, 0.5) is 0 Å². The number of nitrogens with one attached hydrogen (secondary N) is 2. The number of benzene rings is 1. The summed E-state index contributed by atoms with van der Waals surface area (Å²) < 4.78 is 0. The van der Waals surface area contributed by atoms with Crippen LogP contribution in [0.3, 0.4) is 0 Å². The number of amides is 1. The normalized spacial score (nSPS) is 16.1. The molecule has 1 aromatic carbocycles. The van der Waals surface area contributed by atoms with E-state index in [2.05, 4.69) is 23.3 Å². The monoisotopic (exact) mass is 270 g/mol. The minimum Gasteiger partial charge on any atom is -0.349 e. The minimum atomic E-state index is -0.0230. The quantitative estimate of drug-likeness (QED) is 0.808. The number of carbonyl (C=O) groups excluding carboxylic acids is 1. The van der Waals surface area contributed by atoms with Crippen molar-refractivity contribution in [2.45, 2.75) is 25.8 Å². The van der Waals surface area contributed by atoms with Crippen LogP contribution < -0.4 is 10.6 Å². The molecule has 2 rings (SSSR count). The van der Waals surface area contributed by atoms with Gasteiger partial charge in [-0.05, 0) is 49.6 Å². The molecule has 0 saturated carbocycles. The Hall–Kier alpha value is -1.87. The maximum Gasteiger partial charge on any atom is 0.251 e. The highest BCUT2D eigenvalue weighted by Gasteiger charge is 2.10. The summed E-state index contributed by atoms with van der Waals surface area (Å²) in [5.74, 6) is -0.0230. The van der Waals surface area contributed by atoms with Gasteiger partial charge in [0.05, 0.1) is 0 Å². The van der Waals surface area contributed by atoms with Crippen molar-refractivity contribution in [3.8, 4) is 0 Å². The third-order valence-corrected chi connectivity index (χ3v) is 3.48. The molecule has 0 radical (unpaired) electrons. The lowest BCUT2D eigenvalue weighted by molar-refractivity contribution is 0.0940. The first-order chi connectivity index (χ1) is 9.70. The lowest BCUT2D eigenvalue weighted by Crippen LogP contribution is -2.32. The van der Waals surface area contributed by atoms with Crippen molar-refractivity contribution in [2.24, 2.45) is 0 Å². The molecular weight excluding hydrogens is 248 g/mol. The molecule has 2 N–H and O–H groups in total. The van der Waals surface area contributed by atoms with Crippen molar-refractivity contribution >= 4 is 11.5 Å². The molecule has 3 heteroatoms. The van der Waals surface area contributed by atoms with Crippen molar-refractivity contribution in [3.05, 3.63) is 54.1 Å². The molecular formula is C17H22N2O. The summed E-state index contributed by atoms with van der Waals surface area (Å²) in [5, 5.41) is 6.26.